The molecule has 2 heterocycles. The van der Waals surface area contributed by atoms with Gasteiger partial charge < -0.3 is 9.84 Å². The summed E-state index contributed by atoms with van der Waals surface area (Å²) >= 11 is 4.96. The van der Waals surface area contributed by atoms with Crippen LogP contribution >= 0.6 is 27.3 Å². The first kappa shape index (κ1) is 14.9. The Bertz CT molecular complexity index is 771. The number of thiophene rings is 1. The van der Waals surface area contributed by atoms with Gasteiger partial charge in [0.2, 0.25) is 17.6 Å². The molecule has 0 fully saturated rings. The van der Waals surface area contributed by atoms with E-state index in [4.69, 9.17) is 4.52 Å². The van der Waals surface area contributed by atoms with E-state index in [0.29, 0.717) is 18.1 Å². The van der Waals surface area contributed by atoms with Gasteiger partial charge >= 0.3 is 0 Å². The molecule has 7 heteroatoms. The van der Waals surface area contributed by atoms with Gasteiger partial charge in [0.05, 0.1) is 13.0 Å². The fourth-order valence-electron chi connectivity index (χ4n) is 1.88. The van der Waals surface area contributed by atoms with E-state index in [9.17, 15) is 4.79 Å². The normalized spacial score (nSPS) is 10.6. The zero-order chi connectivity index (χ0) is 15.4. The van der Waals surface area contributed by atoms with Crippen molar-refractivity contribution in [3.8, 4) is 11.4 Å². The Morgan fingerprint density at radius 2 is 2.23 bits per heavy atom. The van der Waals surface area contributed by atoms with Gasteiger partial charge in [-0.25, -0.2) is 0 Å². The van der Waals surface area contributed by atoms with Gasteiger partial charge in [0.15, 0.2) is 0 Å². The van der Waals surface area contributed by atoms with Crippen LogP contribution in [0.1, 0.15) is 10.8 Å². The lowest BCUT2D eigenvalue weighted by molar-refractivity contribution is -0.120. The lowest BCUT2D eigenvalue weighted by atomic mass is 10.2. The molecule has 2 aromatic heterocycles. The average Bonchev–Trinajstić information content (AvgIpc) is 3.16. The van der Waals surface area contributed by atoms with E-state index in [-0.39, 0.29) is 12.5 Å². The first-order chi connectivity index (χ1) is 10.7. The Kier molecular flexibility index (Phi) is 4.65. The van der Waals surface area contributed by atoms with Gasteiger partial charge in [0, 0.05) is 14.9 Å². The van der Waals surface area contributed by atoms with Crippen LogP contribution < -0.4 is 5.32 Å². The molecule has 0 aliphatic heterocycles. The Balaban J connectivity index is 1.59. The Morgan fingerprint density at radius 1 is 1.32 bits per heavy atom. The zero-order valence-electron chi connectivity index (χ0n) is 11.5. The van der Waals surface area contributed by atoms with Crippen molar-refractivity contribution in [1.82, 2.24) is 15.5 Å². The Hall–Kier alpha value is -1.99. The molecule has 112 valence electrons. The maximum atomic E-state index is 11.8. The monoisotopic (exact) mass is 377 g/mol. The number of hydrogen-bond donors (Lipinski definition) is 1. The average molecular weight is 378 g/mol. The molecule has 0 aliphatic rings. The summed E-state index contributed by atoms with van der Waals surface area (Å²) in [5.74, 6) is 0.822. The van der Waals surface area contributed by atoms with Crippen molar-refractivity contribution in [1.29, 1.82) is 0 Å². The van der Waals surface area contributed by atoms with Crippen molar-refractivity contribution in [3.63, 3.8) is 0 Å². The van der Waals surface area contributed by atoms with Gasteiger partial charge in [-0.15, -0.1) is 11.3 Å². The van der Waals surface area contributed by atoms with E-state index in [1.807, 2.05) is 41.8 Å². The van der Waals surface area contributed by atoms with E-state index in [1.54, 1.807) is 11.3 Å². The summed E-state index contributed by atoms with van der Waals surface area (Å²) in [4.78, 5) is 17.1. The predicted octanol–water partition coefficient (Wildman–Crippen LogP) is 3.42. The first-order valence-corrected chi connectivity index (χ1v) is 8.25. The highest BCUT2D eigenvalue weighted by atomic mass is 79.9. The van der Waals surface area contributed by atoms with Crippen LogP contribution in [0, 0.1) is 0 Å². The number of benzene rings is 1. The number of rotatable bonds is 5. The number of carbonyl (C=O) groups excluding carboxylic acids is 1. The minimum Gasteiger partial charge on any atom is -0.347 e. The Labute approximate surface area is 139 Å². The summed E-state index contributed by atoms with van der Waals surface area (Å²) in [5, 5.41) is 8.65. The highest BCUT2D eigenvalue weighted by Gasteiger charge is 2.10. The molecule has 1 aromatic carbocycles. The van der Waals surface area contributed by atoms with E-state index in [1.165, 1.54) is 0 Å². The minimum atomic E-state index is -0.0651. The highest BCUT2D eigenvalue weighted by molar-refractivity contribution is 9.10. The molecule has 0 spiro atoms. The third-order valence-electron chi connectivity index (χ3n) is 2.90. The molecular formula is C15H12BrN3O2S. The van der Waals surface area contributed by atoms with Crippen molar-refractivity contribution in [2.24, 2.45) is 0 Å². The molecule has 1 N–H and O–H groups in total. The minimum absolute atomic E-state index is 0.0651. The van der Waals surface area contributed by atoms with Gasteiger partial charge in [-0.3, -0.25) is 4.79 Å². The number of nitrogens with zero attached hydrogens (tertiary/aromatic N) is 2. The summed E-state index contributed by atoms with van der Waals surface area (Å²) in [5.41, 5.74) is 0.856. The van der Waals surface area contributed by atoms with Crippen LogP contribution in [0.3, 0.4) is 0 Å². The number of aromatic nitrogens is 2. The second kappa shape index (κ2) is 6.85. The van der Waals surface area contributed by atoms with Crippen molar-refractivity contribution in [3.05, 3.63) is 57.0 Å². The SMILES string of the molecule is O=C(Cc1cccs1)NCc1nc(-c2cccc(Br)c2)no1. The summed E-state index contributed by atoms with van der Waals surface area (Å²) in [6.45, 7) is 0.227. The molecule has 3 rings (SSSR count). The number of carbonyl (C=O) groups is 1. The third kappa shape index (κ3) is 3.80. The number of amides is 1. The quantitative estimate of drug-likeness (QED) is 0.739. The van der Waals surface area contributed by atoms with Gasteiger partial charge in [-0.2, -0.15) is 4.98 Å². The van der Waals surface area contributed by atoms with Crippen molar-refractivity contribution < 1.29 is 9.32 Å². The van der Waals surface area contributed by atoms with Crippen molar-refractivity contribution in [2.45, 2.75) is 13.0 Å². The lowest BCUT2D eigenvalue weighted by Gasteiger charge is -2.00. The highest BCUT2D eigenvalue weighted by Crippen LogP contribution is 2.20. The second-order valence-electron chi connectivity index (χ2n) is 4.55. The second-order valence-corrected chi connectivity index (χ2v) is 6.50. The molecule has 0 unspecified atom stereocenters. The summed E-state index contributed by atoms with van der Waals surface area (Å²) in [6, 6.07) is 11.5. The lowest BCUT2D eigenvalue weighted by Crippen LogP contribution is -2.24. The topological polar surface area (TPSA) is 68.0 Å². The number of nitrogens with one attached hydrogen (secondary N) is 1. The maximum absolute atomic E-state index is 11.8. The van der Waals surface area contributed by atoms with Crippen LogP contribution in [-0.2, 0) is 17.8 Å². The standard InChI is InChI=1S/C15H12BrN3O2S/c16-11-4-1-3-10(7-11)15-18-14(21-19-15)9-17-13(20)8-12-5-2-6-22-12/h1-7H,8-9H2,(H,17,20). The summed E-state index contributed by atoms with van der Waals surface area (Å²) < 4.78 is 6.10. The molecular weight excluding hydrogens is 366 g/mol. The van der Waals surface area contributed by atoms with Gasteiger partial charge in [-0.05, 0) is 23.6 Å². The van der Waals surface area contributed by atoms with Gasteiger partial charge in [0.1, 0.15) is 0 Å². The van der Waals surface area contributed by atoms with E-state index >= 15 is 0 Å². The van der Waals surface area contributed by atoms with Crippen LogP contribution in [-0.4, -0.2) is 16.0 Å². The third-order valence-corrected chi connectivity index (χ3v) is 4.27. The number of hydrogen-bond acceptors (Lipinski definition) is 5. The fraction of sp³-hybridized carbons (Fsp3) is 0.133. The summed E-state index contributed by atoms with van der Waals surface area (Å²) in [7, 11) is 0. The molecule has 1 amide bonds. The van der Waals surface area contributed by atoms with Crippen LogP contribution in [0.25, 0.3) is 11.4 Å². The molecule has 0 saturated carbocycles. The van der Waals surface area contributed by atoms with Crippen LogP contribution in [0.4, 0.5) is 0 Å². The van der Waals surface area contributed by atoms with Crippen molar-refractivity contribution in [2.75, 3.05) is 0 Å². The molecule has 0 bridgehead atoms. The zero-order valence-corrected chi connectivity index (χ0v) is 13.9. The van der Waals surface area contributed by atoms with Gasteiger partial charge in [0.25, 0.3) is 0 Å². The smallest absolute Gasteiger partial charge is 0.246 e. The molecule has 0 saturated heterocycles. The molecule has 5 nitrogen and oxygen atoms in total. The van der Waals surface area contributed by atoms with Crippen molar-refractivity contribution >= 4 is 33.2 Å². The summed E-state index contributed by atoms with van der Waals surface area (Å²) in [6.07, 6.45) is 0.365. The maximum Gasteiger partial charge on any atom is 0.246 e. The van der Waals surface area contributed by atoms with Crippen LogP contribution in [0.2, 0.25) is 0 Å². The first-order valence-electron chi connectivity index (χ1n) is 6.58. The molecule has 3 aromatic rings. The molecule has 0 atom stereocenters. The van der Waals surface area contributed by atoms with E-state index in [0.717, 1.165) is 14.9 Å². The molecule has 0 aliphatic carbocycles. The molecule has 22 heavy (non-hydrogen) atoms. The van der Waals surface area contributed by atoms with Crippen LogP contribution in [0.15, 0.2) is 50.8 Å². The molecule has 0 radical (unpaired) electrons. The van der Waals surface area contributed by atoms with E-state index in [2.05, 4.69) is 31.4 Å². The largest absolute Gasteiger partial charge is 0.347 e. The Morgan fingerprint density at radius 3 is 3.00 bits per heavy atom. The van der Waals surface area contributed by atoms with Crippen LogP contribution in [0.5, 0.6) is 0 Å². The number of halogens is 1. The van der Waals surface area contributed by atoms with Gasteiger partial charge in [-0.1, -0.05) is 39.3 Å². The fourth-order valence-corrected chi connectivity index (χ4v) is 2.98. The van der Waals surface area contributed by atoms with E-state index < -0.39 is 0 Å². The predicted molar refractivity (Wildman–Crippen MR) is 87.3 cm³/mol.